The van der Waals surface area contributed by atoms with Crippen molar-refractivity contribution < 1.29 is 14.1 Å². The molecule has 0 saturated carbocycles. The maximum atomic E-state index is 13.2. The zero-order valence-electron chi connectivity index (χ0n) is 19.7. The molecule has 0 bridgehead atoms. The molecule has 1 aliphatic heterocycles. The van der Waals surface area contributed by atoms with Crippen molar-refractivity contribution in [3.8, 4) is 11.3 Å². The summed E-state index contributed by atoms with van der Waals surface area (Å²) in [6.07, 6.45) is 0.866. The Bertz CT molecular complexity index is 1340. The summed E-state index contributed by atoms with van der Waals surface area (Å²) in [5, 5.41) is 7.99. The number of fused-ring (bicyclic) bond motifs is 1. The summed E-state index contributed by atoms with van der Waals surface area (Å²) in [7, 11) is 0. The minimum absolute atomic E-state index is 0.0203. The predicted molar refractivity (Wildman–Crippen MR) is 136 cm³/mol. The van der Waals surface area contributed by atoms with Crippen molar-refractivity contribution >= 4 is 28.4 Å². The van der Waals surface area contributed by atoms with Crippen molar-refractivity contribution in [1.82, 2.24) is 15.0 Å². The van der Waals surface area contributed by atoms with Gasteiger partial charge >= 0.3 is 0 Å². The van der Waals surface area contributed by atoms with Gasteiger partial charge in [0, 0.05) is 43.0 Å². The first kappa shape index (κ1) is 22.8. The van der Waals surface area contributed by atoms with Gasteiger partial charge in [0.25, 0.3) is 5.91 Å². The SMILES string of the molecule is CCc1ccccc1NC(=O)CN1CCN(C(=O)c2ccc3noc(-c4ccccc4)c3c2)CC1. The second-order valence-electron chi connectivity index (χ2n) is 8.74. The number of benzene rings is 3. The van der Waals surface area contributed by atoms with E-state index < -0.39 is 0 Å². The van der Waals surface area contributed by atoms with E-state index in [4.69, 9.17) is 4.52 Å². The van der Waals surface area contributed by atoms with E-state index in [-0.39, 0.29) is 11.8 Å². The van der Waals surface area contributed by atoms with Crippen LogP contribution in [-0.2, 0) is 11.2 Å². The van der Waals surface area contributed by atoms with Gasteiger partial charge in [0.05, 0.1) is 11.9 Å². The predicted octanol–water partition coefficient (Wildman–Crippen LogP) is 4.45. The molecule has 3 aromatic carbocycles. The Hall–Kier alpha value is -3.97. The van der Waals surface area contributed by atoms with Crippen molar-refractivity contribution in [3.05, 3.63) is 83.9 Å². The van der Waals surface area contributed by atoms with Crippen molar-refractivity contribution in [3.63, 3.8) is 0 Å². The molecule has 2 amide bonds. The number of aryl methyl sites for hydroxylation is 1. The number of rotatable bonds is 6. The lowest BCUT2D eigenvalue weighted by molar-refractivity contribution is -0.117. The third kappa shape index (κ3) is 4.95. The summed E-state index contributed by atoms with van der Waals surface area (Å²) in [5.74, 6) is 0.612. The van der Waals surface area contributed by atoms with E-state index in [0.717, 1.165) is 34.1 Å². The van der Waals surface area contributed by atoms with Crippen LogP contribution in [0, 0.1) is 0 Å². The van der Waals surface area contributed by atoms with Gasteiger partial charge in [-0.1, -0.05) is 60.6 Å². The molecule has 0 unspecified atom stereocenters. The number of para-hydroxylation sites is 1. The van der Waals surface area contributed by atoms with E-state index in [0.29, 0.717) is 44.0 Å². The Kier molecular flexibility index (Phi) is 6.59. The lowest BCUT2D eigenvalue weighted by atomic mass is 10.1. The molecule has 0 aliphatic carbocycles. The van der Waals surface area contributed by atoms with Crippen LogP contribution in [0.4, 0.5) is 5.69 Å². The second kappa shape index (κ2) is 10.1. The quantitative estimate of drug-likeness (QED) is 0.452. The van der Waals surface area contributed by atoms with E-state index in [1.807, 2.05) is 71.6 Å². The number of aromatic nitrogens is 1. The molecule has 5 rings (SSSR count). The van der Waals surface area contributed by atoms with Crippen LogP contribution in [-0.4, -0.2) is 59.5 Å². The van der Waals surface area contributed by atoms with E-state index in [9.17, 15) is 9.59 Å². The van der Waals surface area contributed by atoms with E-state index in [1.54, 1.807) is 6.07 Å². The molecular weight excluding hydrogens is 440 g/mol. The van der Waals surface area contributed by atoms with Crippen molar-refractivity contribution in [2.45, 2.75) is 13.3 Å². The first-order valence-corrected chi connectivity index (χ1v) is 12.0. The van der Waals surface area contributed by atoms with Crippen LogP contribution in [0.5, 0.6) is 0 Å². The highest BCUT2D eigenvalue weighted by Crippen LogP contribution is 2.29. The molecular formula is C28H28N4O3. The van der Waals surface area contributed by atoms with E-state index in [1.165, 1.54) is 0 Å². The van der Waals surface area contributed by atoms with Crippen LogP contribution in [0.15, 0.2) is 77.3 Å². The lowest BCUT2D eigenvalue weighted by Crippen LogP contribution is -2.50. The summed E-state index contributed by atoms with van der Waals surface area (Å²) in [6.45, 7) is 4.84. The standard InChI is InChI=1S/C28H28N4O3/c1-2-20-8-6-7-11-24(20)29-26(33)19-31-14-16-32(17-15-31)28(34)22-12-13-25-23(18-22)27(35-30-25)21-9-4-3-5-10-21/h3-13,18H,2,14-17,19H2,1H3,(H,29,33). The molecule has 35 heavy (non-hydrogen) atoms. The number of anilines is 1. The first-order valence-electron chi connectivity index (χ1n) is 12.0. The molecule has 178 valence electrons. The minimum Gasteiger partial charge on any atom is -0.355 e. The van der Waals surface area contributed by atoms with E-state index in [2.05, 4.69) is 22.3 Å². The number of amides is 2. The highest BCUT2D eigenvalue weighted by Gasteiger charge is 2.24. The molecule has 7 heteroatoms. The summed E-state index contributed by atoms with van der Waals surface area (Å²) in [5.41, 5.74) is 4.25. The normalized spacial score (nSPS) is 14.3. The fraction of sp³-hybridized carbons (Fsp3) is 0.250. The fourth-order valence-corrected chi connectivity index (χ4v) is 4.51. The monoisotopic (exact) mass is 468 g/mol. The van der Waals surface area contributed by atoms with Gasteiger partial charge in [-0.15, -0.1) is 0 Å². The molecule has 2 heterocycles. The average molecular weight is 469 g/mol. The zero-order valence-corrected chi connectivity index (χ0v) is 19.7. The fourth-order valence-electron chi connectivity index (χ4n) is 4.51. The summed E-state index contributed by atoms with van der Waals surface area (Å²) in [4.78, 5) is 29.7. The highest BCUT2D eigenvalue weighted by atomic mass is 16.5. The maximum Gasteiger partial charge on any atom is 0.253 e. The van der Waals surface area contributed by atoms with Crippen LogP contribution < -0.4 is 5.32 Å². The third-order valence-electron chi connectivity index (χ3n) is 6.46. The molecule has 1 N–H and O–H groups in total. The summed E-state index contributed by atoms with van der Waals surface area (Å²) < 4.78 is 5.57. The van der Waals surface area contributed by atoms with Gasteiger partial charge in [-0.3, -0.25) is 14.5 Å². The Labute approximate surface area is 204 Å². The van der Waals surface area contributed by atoms with Crippen molar-refractivity contribution in [2.75, 3.05) is 38.0 Å². The molecule has 4 aromatic rings. The molecule has 1 aliphatic rings. The van der Waals surface area contributed by atoms with Gasteiger partial charge in [0.2, 0.25) is 5.91 Å². The number of nitrogens with zero attached hydrogens (tertiary/aromatic N) is 3. The Morgan fingerprint density at radius 2 is 1.69 bits per heavy atom. The molecule has 0 atom stereocenters. The molecule has 0 spiro atoms. The van der Waals surface area contributed by atoms with Crippen molar-refractivity contribution in [1.29, 1.82) is 0 Å². The number of carbonyl (C=O) groups excluding carboxylic acids is 2. The Morgan fingerprint density at radius 3 is 2.46 bits per heavy atom. The number of carbonyl (C=O) groups is 2. The number of piperazine rings is 1. The molecule has 1 aromatic heterocycles. The maximum absolute atomic E-state index is 13.2. The largest absolute Gasteiger partial charge is 0.355 e. The Morgan fingerprint density at radius 1 is 0.943 bits per heavy atom. The molecule has 0 radical (unpaired) electrons. The highest BCUT2D eigenvalue weighted by molar-refractivity contribution is 6.01. The molecule has 1 fully saturated rings. The third-order valence-corrected chi connectivity index (χ3v) is 6.46. The lowest BCUT2D eigenvalue weighted by Gasteiger charge is -2.34. The number of nitrogens with one attached hydrogen (secondary N) is 1. The van der Waals surface area contributed by atoms with Gasteiger partial charge in [0.15, 0.2) is 5.76 Å². The second-order valence-corrected chi connectivity index (χ2v) is 8.74. The van der Waals surface area contributed by atoms with Crippen LogP contribution in [0.25, 0.3) is 22.2 Å². The number of hydrogen-bond donors (Lipinski definition) is 1. The Balaban J connectivity index is 1.21. The summed E-state index contributed by atoms with van der Waals surface area (Å²) in [6, 6.07) is 23.1. The molecule has 7 nitrogen and oxygen atoms in total. The number of hydrogen-bond acceptors (Lipinski definition) is 5. The van der Waals surface area contributed by atoms with Gasteiger partial charge < -0.3 is 14.7 Å². The van der Waals surface area contributed by atoms with Crippen LogP contribution >= 0.6 is 0 Å². The topological polar surface area (TPSA) is 78.7 Å². The van der Waals surface area contributed by atoms with Crippen molar-refractivity contribution in [2.24, 2.45) is 0 Å². The molecule has 1 saturated heterocycles. The van der Waals surface area contributed by atoms with Gasteiger partial charge in [0.1, 0.15) is 5.52 Å². The van der Waals surface area contributed by atoms with Crippen LogP contribution in [0.3, 0.4) is 0 Å². The van der Waals surface area contributed by atoms with Gasteiger partial charge in [-0.25, -0.2) is 0 Å². The van der Waals surface area contributed by atoms with Gasteiger partial charge in [-0.05, 0) is 36.2 Å². The zero-order chi connectivity index (χ0) is 24.2. The summed E-state index contributed by atoms with van der Waals surface area (Å²) >= 11 is 0. The van der Waals surface area contributed by atoms with E-state index >= 15 is 0 Å². The first-order chi connectivity index (χ1) is 17.1. The smallest absolute Gasteiger partial charge is 0.253 e. The van der Waals surface area contributed by atoms with Gasteiger partial charge in [-0.2, -0.15) is 0 Å². The van der Waals surface area contributed by atoms with Crippen LogP contribution in [0.2, 0.25) is 0 Å². The average Bonchev–Trinajstić information content (AvgIpc) is 3.33. The van der Waals surface area contributed by atoms with Crippen LogP contribution in [0.1, 0.15) is 22.8 Å². The minimum atomic E-state index is -0.0305.